The number of aromatic nitrogens is 1. The Labute approximate surface area is 191 Å². The summed E-state index contributed by atoms with van der Waals surface area (Å²) >= 11 is 0. The lowest BCUT2D eigenvalue weighted by Gasteiger charge is -2.22. The molecule has 0 spiro atoms. The van der Waals surface area contributed by atoms with Crippen LogP contribution in [-0.2, 0) is 28.7 Å². The number of nitrogens with one attached hydrogen (secondary N) is 1. The summed E-state index contributed by atoms with van der Waals surface area (Å²) < 4.78 is 57.7. The van der Waals surface area contributed by atoms with Gasteiger partial charge in [-0.15, -0.1) is 0 Å². The van der Waals surface area contributed by atoms with Crippen LogP contribution in [0.3, 0.4) is 0 Å². The van der Waals surface area contributed by atoms with E-state index in [-0.39, 0.29) is 24.3 Å². The Kier molecular flexibility index (Phi) is 7.09. The van der Waals surface area contributed by atoms with Crippen LogP contribution in [0.25, 0.3) is 0 Å². The number of methoxy groups -OCH3 is 2. The van der Waals surface area contributed by atoms with Crippen molar-refractivity contribution in [1.82, 2.24) is 4.98 Å². The first-order valence-corrected chi connectivity index (χ1v) is 10.7. The summed E-state index contributed by atoms with van der Waals surface area (Å²) in [5.41, 5.74) is -0.247. The molecule has 9 heteroatoms. The molecule has 3 rings (SSSR count). The van der Waals surface area contributed by atoms with E-state index in [1.165, 1.54) is 14.2 Å². The summed E-state index contributed by atoms with van der Waals surface area (Å²) in [7, 11) is 3.05. The standard InChI is InChI=1S/C24H29F3N2O4/c1-23(2,3)33-21(30)10-14-7-9-18-22(14)17(24(25,26)27)12-20(29-18)28-13-15-6-8-16(31-4)11-19(15)32-5/h6,8,11-12,14H,7,9-10,13H2,1-5H3,(H,28,29). The van der Waals surface area contributed by atoms with E-state index in [0.29, 0.717) is 30.0 Å². The van der Waals surface area contributed by atoms with Gasteiger partial charge in [0.05, 0.1) is 26.2 Å². The number of benzene rings is 1. The maximum absolute atomic E-state index is 14.0. The van der Waals surface area contributed by atoms with Crippen molar-refractivity contribution in [3.63, 3.8) is 0 Å². The Morgan fingerprint density at radius 2 is 1.88 bits per heavy atom. The van der Waals surface area contributed by atoms with Crippen LogP contribution in [0.2, 0.25) is 0 Å². The average Bonchev–Trinajstić information content (AvgIpc) is 3.11. The zero-order chi connectivity index (χ0) is 24.4. The van der Waals surface area contributed by atoms with E-state index in [4.69, 9.17) is 14.2 Å². The maximum Gasteiger partial charge on any atom is 0.416 e. The van der Waals surface area contributed by atoms with Gasteiger partial charge in [0.15, 0.2) is 0 Å². The van der Waals surface area contributed by atoms with E-state index in [2.05, 4.69) is 10.3 Å². The molecule has 0 radical (unpaired) electrons. The van der Waals surface area contributed by atoms with Crippen molar-refractivity contribution in [3.05, 3.63) is 46.6 Å². The van der Waals surface area contributed by atoms with Crippen molar-refractivity contribution < 1.29 is 32.2 Å². The Bertz CT molecular complexity index is 1020. The predicted molar refractivity (Wildman–Crippen MR) is 118 cm³/mol. The van der Waals surface area contributed by atoms with Crippen molar-refractivity contribution in [2.45, 2.75) is 64.3 Å². The zero-order valence-corrected chi connectivity index (χ0v) is 19.4. The van der Waals surface area contributed by atoms with Crippen LogP contribution in [0.1, 0.15) is 61.9 Å². The molecular formula is C24H29F3N2O4. The van der Waals surface area contributed by atoms with Gasteiger partial charge in [0.1, 0.15) is 22.9 Å². The number of carbonyl (C=O) groups excluding carboxylic acids is 1. The van der Waals surface area contributed by atoms with Gasteiger partial charge in [0.2, 0.25) is 0 Å². The fraction of sp³-hybridized carbons (Fsp3) is 0.500. The molecule has 1 aliphatic carbocycles. The lowest BCUT2D eigenvalue weighted by atomic mass is 9.94. The minimum Gasteiger partial charge on any atom is -0.497 e. The fourth-order valence-corrected chi connectivity index (χ4v) is 4.01. The highest BCUT2D eigenvalue weighted by Gasteiger charge is 2.40. The summed E-state index contributed by atoms with van der Waals surface area (Å²) in [5, 5.41) is 2.98. The molecule has 1 aromatic carbocycles. The molecule has 0 saturated carbocycles. The number of rotatable bonds is 7. The van der Waals surface area contributed by atoms with Gasteiger partial charge in [-0.2, -0.15) is 13.2 Å². The molecule has 0 bridgehead atoms. The Hall–Kier alpha value is -2.97. The second-order valence-corrected chi connectivity index (χ2v) is 8.97. The monoisotopic (exact) mass is 466 g/mol. The Morgan fingerprint density at radius 1 is 1.15 bits per heavy atom. The van der Waals surface area contributed by atoms with Crippen molar-refractivity contribution in [2.24, 2.45) is 0 Å². The number of hydrogen-bond donors (Lipinski definition) is 1. The molecule has 2 aromatic rings. The first-order valence-electron chi connectivity index (χ1n) is 10.7. The number of ether oxygens (including phenoxy) is 3. The first kappa shape index (κ1) is 24.7. The second kappa shape index (κ2) is 9.49. The van der Waals surface area contributed by atoms with E-state index >= 15 is 0 Å². The van der Waals surface area contributed by atoms with E-state index in [1.54, 1.807) is 39.0 Å². The van der Waals surface area contributed by atoms with Crippen LogP contribution in [0.5, 0.6) is 11.5 Å². The summed E-state index contributed by atoms with van der Waals surface area (Å²) in [6, 6.07) is 6.25. The molecule has 0 aliphatic heterocycles. The van der Waals surface area contributed by atoms with Gasteiger partial charge < -0.3 is 19.5 Å². The Balaban J connectivity index is 1.85. The van der Waals surface area contributed by atoms with E-state index in [9.17, 15) is 18.0 Å². The maximum atomic E-state index is 14.0. The summed E-state index contributed by atoms with van der Waals surface area (Å²) in [6.07, 6.45) is -3.89. The Morgan fingerprint density at radius 3 is 2.48 bits per heavy atom. The van der Waals surface area contributed by atoms with Gasteiger partial charge in [0, 0.05) is 23.9 Å². The highest BCUT2D eigenvalue weighted by Crippen LogP contribution is 2.44. The molecule has 1 unspecified atom stereocenters. The number of fused-ring (bicyclic) bond motifs is 1. The van der Waals surface area contributed by atoms with E-state index in [1.807, 2.05) is 0 Å². The smallest absolute Gasteiger partial charge is 0.416 e. The third-order valence-corrected chi connectivity index (χ3v) is 5.37. The van der Waals surface area contributed by atoms with E-state index < -0.39 is 29.2 Å². The predicted octanol–water partition coefficient (Wildman–Crippen LogP) is 5.49. The molecule has 0 fully saturated rings. The van der Waals surface area contributed by atoms with Crippen LogP contribution in [0.4, 0.5) is 19.0 Å². The molecule has 0 saturated heterocycles. The van der Waals surface area contributed by atoms with E-state index in [0.717, 1.165) is 11.6 Å². The highest BCUT2D eigenvalue weighted by atomic mass is 19.4. The summed E-state index contributed by atoms with van der Waals surface area (Å²) in [4.78, 5) is 16.7. The quantitative estimate of drug-likeness (QED) is 0.544. The number of anilines is 1. The molecule has 1 N–H and O–H groups in total. The SMILES string of the molecule is COc1ccc(CNc2cc(C(F)(F)F)c3c(n2)CCC3CC(=O)OC(C)(C)C)c(OC)c1. The number of halogens is 3. The number of alkyl halides is 3. The summed E-state index contributed by atoms with van der Waals surface area (Å²) in [5.74, 6) is 0.201. The molecule has 1 aliphatic rings. The third kappa shape index (κ3) is 6.09. The molecular weight excluding hydrogens is 437 g/mol. The van der Waals surface area contributed by atoms with Crippen LogP contribution in [-0.4, -0.2) is 30.8 Å². The largest absolute Gasteiger partial charge is 0.497 e. The van der Waals surface area contributed by atoms with Crippen LogP contribution < -0.4 is 14.8 Å². The topological polar surface area (TPSA) is 69.7 Å². The number of carbonyl (C=O) groups is 1. The van der Waals surface area contributed by atoms with Gasteiger partial charge in [-0.1, -0.05) is 0 Å². The zero-order valence-electron chi connectivity index (χ0n) is 19.4. The minimum atomic E-state index is -4.57. The van der Waals surface area contributed by atoms with Crippen molar-refractivity contribution in [1.29, 1.82) is 0 Å². The normalized spacial score (nSPS) is 15.7. The second-order valence-electron chi connectivity index (χ2n) is 8.97. The highest BCUT2D eigenvalue weighted by molar-refractivity contribution is 5.71. The number of pyridine rings is 1. The molecule has 0 amide bonds. The van der Waals surface area contributed by atoms with Gasteiger partial charge in [-0.25, -0.2) is 4.98 Å². The number of esters is 1. The molecule has 180 valence electrons. The van der Waals surface area contributed by atoms with Gasteiger partial charge in [-0.3, -0.25) is 4.79 Å². The summed E-state index contributed by atoms with van der Waals surface area (Å²) in [6.45, 7) is 5.40. The fourth-order valence-electron chi connectivity index (χ4n) is 4.01. The lowest BCUT2D eigenvalue weighted by molar-refractivity contribution is -0.155. The average molecular weight is 467 g/mol. The number of nitrogens with zero attached hydrogens (tertiary/aromatic N) is 1. The van der Waals surface area contributed by atoms with Crippen molar-refractivity contribution in [3.8, 4) is 11.5 Å². The molecule has 1 aromatic heterocycles. The first-order chi connectivity index (χ1) is 15.4. The molecule has 1 atom stereocenters. The number of hydrogen-bond acceptors (Lipinski definition) is 6. The molecule has 33 heavy (non-hydrogen) atoms. The minimum absolute atomic E-state index is 0.0981. The van der Waals surface area contributed by atoms with Gasteiger partial charge >= 0.3 is 12.1 Å². The third-order valence-electron chi connectivity index (χ3n) is 5.37. The number of aryl methyl sites for hydroxylation is 1. The van der Waals surface area contributed by atoms with Gasteiger partial charge in [-0.05, 0) is 63.3 Å². The lowest BCUT2D eigenvalue weighted by Crippen LogP contribution is -2.25. The molecule has 1 heterocycles. The molecule has 6 nitrogen and oxygen atoms in total. The van der Waals surface area contributed by atoms with Gasteiger partial charge in [0.25, 0.3) is 0 Å². The van der Waals surface area contributed by atoms with Crippen LogP contribution >= 0.6 is 0 Å². The van der Waals surface area contributed by atoms with Crippen LogP contribution in [0.15, 0.2) is 24.3 Å². The van der Waals surface area contributed by atoms with Crippen LogP contribution in [0, 0.1) is 0 Å². The van der Waals surface area contributed by atoms with Crippen molar-refractivity contribution in [2.75, 3.05) is 19.5 Å². The van der Waals surface area contributed by atoms with Crippen molar-refractivity contribution >= 4 is 11.8 Å².